The Labute approximate surface area is 203 Å². The van der Waals surface area contributed by atoms with Gasteiger partial charge in [0.25, 0.3) is 11.8 Å². The van der Waals surface area contributed by atoms with Gasteiger partial charge in [-0.05, 0) is 71.0 Å². The number of ether oxygens (including phenoxy) is 1. The minimum atomic E-state index is -0.644. The van der Waals surface area contributed by atoms with Gasteiger partial charge in [-0.1, -0.05) is 29.8 Å². The molecule has 1 N–H and O–H groups in total. The standard InChI is InChI=1S/C26H28ClN3O4/c1-17(2)30(28-24(32)18-10-13-20(27)14-11-18)23(31)15-12-19-16-29(25(33)34-26(3,4)5)22-9-7-6-8-21(19)22/h6-17H,1-5H3,(H,28,32). The maximum Gasteiger partial charge on any atom is 0.419 e. The summed E-state index contributed by atoms with van der Waals surface area (Å²) >= 11 is 5.88. The highest BCUT2D eigenvalue weighted by Crippen LogP contribution is 2.24. The van der Waals surface area contributed by atoms with Gasteiger partial charge in [-0.3, -0.25) is 19.6 Å². The van der Waals surface area contributed by atoms with Crippen LogP contribution >= 0.6 is 11.6 Å². The van der Waals surface area contributed by atoms with Gasteiger partial charge in [0, 0.05) is 39.9 Å². The number of para-hydroxylation sites is 1. The first-order valence-corrected chi connectivity index (χ1v) is 11.3. The number of halogens is 1. The highest BCUT2D eigenvalue weighted by atomic mass is 35.5. The molecule has 0 bridgehead atoms. The zero-order chi connectivity index (χ0) is 25.0. The van der Waals surface area contributed by atoms with Gasteiger partial charge in [0.2, 0.25) is 0 Å². The van der Waals surface area contributed by atoms with Crippen LogP contribution in [0.2, 0.25) is 5.02 Å². The molecule has 2 aromatic carbocycles. The molecule has 0 radical (unpaired) electrons. The van der Waals surface area contributed by atoms with Gasteiger partial charge in [-0.2, -0.15) is 0 Å². The van der Waals surface area contributed by atoms with E-state index in [2.05, 4.69) is 5.43 Å². The van der Waals surface area contributed by atoms with Gasteiger partial charge >= 0.3 is 6.09 Å². The Morgan fingerprint density at radius 1 is 1.06 bits per heavy atom. The van der Waals surface area contributed by atoms with Crippen molar-refractivity contribution < 1.29 is 19.1 Å². The molecule has 0 aliphatic heterocycles. The highest BCUT2D eigenvalue weighted by Gasteiger charge is 2.21. The number of benzene rings is 2. The Balaban J connectivity index is 1.84. The zero-order valence-corrected chi connectivity index (χ0v) is 20.6. The second-order valence-electron chi connectivity index (χ2n) is 9.04. The molecule has 178 valence electrons. The van der Waals surface area contributed by atoms with Crippen molar-refractivity contribution >= 4 is 46.5 Å². The SMILES string of the molecule is CC(C)N(NC(=O)c1ccc(Cl)cc1)C(=O)C=Cc1cn(C(=O)OC(C)(C)C)c2ccccc12. The molecule has 3 aromatic rings. The van der Waals surface area contributed by atoms with Gasteiger partial charge in [0.05, 0.1) is 5.52 Å². The lowest BCUT2D eigenvalue weighted by Crippen LogP contribution is -2.49. The lowest BCUT2D eigenvalue weighted by atomic mass is 10.1. The monoisotopic (exact) mass is 481 g/mol. The van der Waals surface area contributed by atoms with Crippen LogP contribution < -0.4 is 5.43 Å². The number of hydrogen-bond acceptors (Lipinski definition) is 4. The quantitative estimate of drug-likeness (QED) is 0.384. The fourth-order valence-electron chi connectivity index (χ4n) is 3.26. The normalized spacial score (nSPS) is 11.7. The summed E-state index contributed by atoms with van der Waals surface area (Å²) in [4.78, 5) is 38.2. The first-order chi connectivity index (χ1) is 16.0. The fourth-order valence-corrected chi connectivity index (χ4v) is 3.38. The molecule has 0 fully saturated rings. The average Bonchev–Trinajstić information content (AvgIpc) is 3.14. The Bertz CT molecular complexity index is 1240. The number of nitrogens with zero attached hydrogens (tertiary/aromatic N) is 2. The third-order valence-electron chi connectivity index (χ3n) is 4.82. The first-order valence-electron chi connectivity index (χ1n) is 10.9. The molecule has 0 saturated carbocycles. The predicted molar refractivity (Wildman–Crippen MR) is 134 cm³/mol. The second-order valence-corrected chi connectivity index (χ2v) is 9.47. The van der Waals surface area contributed by atoms with Crippen LogP contribution in [-0.4, -0.2) is 39.1 Å². The van der Waals surface area contributed by atoms with Crippen molar-refractivity contribution in [2.45, 2.75) is 46.3 Å². The Kier molecular flexibility index (Phi) is 7.47. The van der Waals surface area contributed by atoms with E-state index in [0.717, 1.165) is 5.39 Å². The lowest BCUT2D eigenvalue weighted by molar-refractivity contribution is -0.130. The number of hydrazine groups is 1. The van der Waals surface area contributed by atoms with Gasteiger partial charge in [-0.15, -0.1) is 0 Å². The van der Waals surface area contributed by atoms with Gasteiger partial charge in [0.15, 0.2) is 0 Å². The van der Waals surface area contributed by atoms with Crippen LogP contribution in [0.3, 0.4) is 0 Å². The molecular formula is C26H28ClN3O4. The third kappa shape index (κ3) is 6.05. The molecule has 0 spiro atoms. The Hall–Kier alpha value is -3.58. The van der Waals surface area contributed by atoms with Crippen molar-refractivity contribution in [3.05, 3.63) is 77.0 Å². The molecule has 2 amide bonds. The number of hydrogen-bond donors (Lipinski definition) is 1. The van der Waals surface area contributed by atoms with Crippen molar-refractivity contribution in [1.29, 1.82) is 0 Å². The van der Waals surface area contributed by atoms with Crippen LogP contribution in [0.1, 0.15) is 50.5 Å². The van der Waals surface area contributed by atoms with E-state index in [4.69, 9.17) is 16.3 Å². The van der Waals surface area contributed by atoms with E-state index >= 15 is 0 Å². The number of rotatable bonds is 4. The molecule has 3 rings (SSSR count). The first kappa shape index (κ1) is 25.1. The molecule has 0 saturated heterocycles. The van der Waals surface area contributed by atoms with E-state index in [1.54, 1.807) is 71.2 Å². The fraction of sp³-hybridized carbons (Fsp3) is 0.269. The van der Waals surface area contributed by atoms with E-state index < -0.39 is 23.5 Å². The Morgan fingerprint density at radius 3 is 2.32 bits per heavy atom. The summed E-state index contributed by atoms with van der Waals surface area (Å²) in [5.74, 6) is -0.833. The van der Waals surface area contributed by atoms with Crippen molar-refractivity contribution in [1.82, 2.24) is 15.0 Å². The molecule has 1 aromatic heterocycles. The molecule has 0 aliphatic carbocycles. The number of nitrogens with one attached hydrogen (secondary N) is 1. The van der Waals surface area contributed by atoms with Crippen molar-refractivity contribution in [3.63, 3.8) is 0 Å². The van der Waals surface area contributed by atoms with E-state index in [-0.39, 0.29) is 6.04 Å². The van der Waals surface area contributed by atoms with Crippen LogP contribution in [0.4, 0.5) is 4.79 Å². The van der Waals surface area contributed by atoms with Gasteiger partial charge in [0.1, 0.15) is 5.60 Å². The number of amides is 2. The maximum absolute atomic E-state index is 12.9. The largest absolute Gasteiger partial charge is 0.443 e. The smallest absolute Gasteiger partial charge is 0.419 e. The molecule has 0 aliphatic rings. The average molecular weight is 482 g/mol. The Morgan fingerprint density at radius 2 is 1.71 bits per heavy atom. The van der Waals surface area contributed by atoms with E-state index in [9.17, 15) is 14.4 Å². The summed E-state index contributed by atoms with van der Waals surface area (Å²) < 4.78 is 6.93. The summed E-state index contributed by atoms with van der Waals surface area (Å²) in [6.07, 6.45) is 4.11. The van der Waals surface area contributed by atoms with Gasteiger partial charge in [-0.25, -0.2) is 9.80 Å². The number of carbonyl (C=O) groups is 3. The number of fused-ring (bicyclic) bond motifs is 1. The lowest BCUT2D eigenvalue weighted by Gasteiger charge is -2.25. The van der Waals surface area contributed by atoms with E-state index in [0.29, 0.717) is 21.7 Å². The minimum absolute atomic E-state index is 0.295. The summed E-state index contributed by atoms with van der Waals surface area (Å²) in [5, 5.41) is 2.56. The molecule has 1 heterocycles. The molecule has 8 heteroatoms. The van der Waals surface area contributed by atoms with Crippen molar-refractivity contribution in [2.24, 2.45) is 0 Å². The highest BCUT2D eigenvalue weighted by molar-refractivity contribution is 6.30. The summed E-state index contributed by atoms with van der Waals surface area (Å²) in [7, 11) is 0. The minimum Gasteiger partial charge on any atom is -0.443 e. The maximum atomic E-state index is 12.9. The summed E-state index contributed by atoms with van der Waals surface area (Å²) in [5.41, 5.74) is 3.72. The van der Waals surface area contributed by atoms with Crippen LogP contribution in [0.15, 0.2) is 60.8 Å². The number of aromatic nitrogens is 1. The third-order valence-corrected chi connectivity index (χ3v) is 5.07. The van der Waals surface area contributed by atoms with Gasteiger partial charge < -0.3 is 4.74 Å². The molecule has 0 atom stereocenters. The van der Waals surface area contributed by atoms with Crippen molar-refractivity contribution in [3.8, 4) is 0 Å². The van der Waals surface area contributed by atoms with E-state index in [1.165, 1.54) is 15.7 Å². The van der Waals surface area contributed by atoms with Crippen LogP contribution in [0.25, 0.3) is 17.0 Å². The summed E-state index contributed by atoms with van der Waals surface area (Å²) in [6.45, 7) is 8.99. The summed E-state index contributed by atoms with van der Waals surface area (Å²) in [6, 6.07) is 13.5. The topological polar surface area (TPSA) is 80.6 Å². The number of carbonyl (C=O) groups excluding carboxylic acids is 3. The van der Waals surface area contributed by atoms with Crippen LogP contribution in [0, 0.1) is 0 Å². The van der Waals surface area contributed by atoms with E-state index in [1.807, 2.05) is 24.3 Å². The molecular weight excluding hydrogens is 454 g/mol. The zero-order valence-electron chi connectivity index (χ0n) is 19.8. The van der Waals surface area contributed by atoms with Crippen LogP contribution in [0.5, 0.6) is 0 Å². The second kappa shape index (κ2) is 10.1. The molecule has 0 unspecified atom stereocenters. The molecule has 7 nitrogen and oxygen atoms in total. The predicted octanol–water partition coefficient (Wildman–Crippen LogP) is 5.67. The molecule has 34 heavy (non-hydrogen) atoms. The van der Waals surface area contributed by atoms with Crippen molar-refractivity contribution in [2.75, 3.05) is 0 Å². The van der Waals surface area contributed by atoms with Crippen LogP contribution in [-0.2, 0) is 9.53 Å².